The molecule has 21 heavy (non-hydrogen) atoms. The number of hydrogen-bond acceptors (Lipinski definition) is 3. The molecule has 1 aromatic rings. The first-order chi connectivity index (χ1) is 9.67. The quantitative estimate of drug-likeness (QED) is 0.427. The van der Waals surface area contributed by atoms with Crippen molar-refractivity contribution in [2.45, 2.75) is 31.9 Å². The predicted octanol–water partition coefficient (Wildman–Crippen LogP) is 2.17. The van der Waals surface area contributed by atoms with Crippen LogP contribution in [0.3, 0.4) is 0 Å². The minimum absolute atomic E-state index is 0. The lowest BCUT2D eigenvalue weighted by molar-refractivity contribution is 0.0795. The number of hydrogen-bond donors (Lipinski definition) is 2. The lowest BCUT2D eigenvalue weighted by Crippen LogP contribution is -2.38. The Hall–Kier alpha value is -1.19. The van der Waals surface area contributed by atoms with Gasteiger partial charge in [-0.15, -0.1) is 24.0 Å². The molecule has 1 aliphatic carbocycles. The van der Waals surface area contributed by atoms with E-state index in [0.717, 1.165) is 11.5 Å². The fourth-order valence-corrected chi connectivity index (χ4v) is 1.59. The van der Waals surface area contributed by atoms with Crippen LogP contribution in [0.15, 0.2) is 23.3 Å². The number of halogens is 3. The molecule has 0 aromatic carbocycles. The number of rotatable bonds is 6. The van der Waals surface area contributed by atoms with Gasteiger partial charge in [0, 0.05) is 31.9 Å². The summed E-state index contributed by atoms with van der Waals surface area (Å²) >= 11 is 0. The molecule has 1 aromatic heterocycles. The van der Waals surface area contributed by atoms with E-state index in [1.165, 1.54) is 19.0 Å². The van der Waals surface area contributed by atoms with Gasteiger partial charge in [-0.1, -0.05) is 0 Å². The summed E-state index contributed by atoms with van der Waals surface area (Å²) in [5.74, 6) is 0.939. The van der Waals surface area contributed by atoms with Crippen molar-refractivity contribution in [3.63, 3.8) is 0 Å². The van der Waals surface area contributed by atoms with Crippen molar-refractivity contribution in [1.82, 2.24) is 15.6 Å². The molecule has 0 atom stereocenters. The highest BCUT2D eigenvalue weighted by Gasteiger charge is 2.21. The Labute approximate surface area is 139 Å². The van der Waals surface area contributed by atoms with E-state index in [9.17, 15) is 8.78 Å². The molecule has 1 saturated carbocycles. The number of aliphatic imine (C=N–C) groups is 1. The molecule has 8 heteroatoms. The Morgan fingerprint density at radius 1 is 1.52 bits per heavy atom. The SMILES string of the molecule is CN=C(NCc1ccnc(OCC(F)F)c1)NC1CC1.I. The molecule has 2 rings (SSSR count). The van der Waals surface area contributed by atoms with Gasteiger partial charge in [0.25, 0.3) is 6.43 Å². The maximum atomic E-state index is 12.1. The molecule has 0 unspecified atom stereocenters. The van der Waals surface area contributed by atoms with Crippen molar-refractivity contribution in [2.24, 2.45) is 4.99 Å². The maximum Gasteiger partial charge on any atom is 0.272 e. The molecule has 118 valence electrons. The van der Waals surface area contributed by atoms with E-state index in [-0.39, 0.29) is 29.9 Å². The zero-order chi connectivity index (χ0) is 14.4. The lowest BCUT2D eigenvalue weighted by atomic mass is 10.2. The fourth-order valence-electron chi connectivity index (χ4n) is 1.59. The minimum atomic E-state index is -2.50. The topological polar surface area (TPSA) is 58.5 Å². The van der Waals surface area contributed by atoms with Crippen molar-refractivity contribution in [2.75, 3.05) is 13.7 Å². The van der Waals surface area contributed by atoms with Crippen LogP contribution in [0.4, 0.5) is 8.78 Å². The molecule has 0 spiro atoms. The third kappa shape index (κ3) is 6.87. The average molecular weight is 412 g/mol. The second kappa shape index (κ2) is 8.96. The van der Waals surface area contributed by atoms with Crippen LogP contribution in [0.1, 0.15) is 18.4 Å². The van der Waals surface area contributed by atoms with Gasteiger partial charge in [0.05, 0.1) is 0 Å². The fraction of sp³-hybridized carbons (Fsp3) is 0.538. The van der Waals surface area contributed by atoms with E-state index in [2.05, 4.69) is 20.6 Å². The smallest absolute Gasteiger partial charge is 0.272 e. The lowest BCUT2D eigenvalue weighted by Gasteiger charge is -2.11. The molecular formula is C13H19F2IN4O. The summed E-state index contributed by atoms with van der Waals surface area (Å²) in [5.41, 5.74) is 0.892. The summed E-state index contributed by atoms with van der Waals surface area (Å²) in [6.07, 6.45) is 1.37. The standard InChI is InChI=1S/C13H18F2N4O.HI/c1-16-13(19-10-2-3-10)18-7-9-4-5-17-12(6-9)20-8-11(14)15;/h4-6,10-11H,2-3,7-8H2,1H3,(H2,16,18,19);1H. The van der Waals surface area contributed by atoms with Crippen molar-refractivity contribution in [3.05, 3.63) is 23.9 Å². The van der Waals surface area contributed by atoms with Gasteiger partial charge in [-0.2, -0.15) is 0 Å². The zero-order valence-corrected chi connectivity index (χ0v) is 14.0. The highest BCUT2D eigenvalue weighted by molar-refractivity contribution is 14.0. The summed E-state index contributed by atoms with van der Waals surface area (Å²) in [7, 11) is 1.71. The molecule has 0 amide bonds. The molecule has 5 nitrogen and oxygen atoms in total. The second-order valence-electron chi connectivity index (χ2n) is 4.55. The summed E-state index contributed by atoms with van der Waals surface area (Å²) < 4.78 is 29.0. The van der Waals surface area contributed by atoms with E-state index in [1.807, 2.05) is 0 Å². The Bertz CT molecular complexity index is 469. The number of ether oxygens (including phenoxy) is 1. The van der Waals surface area contributed by atoms with Gasteiger partial charge in [-0.25, -0.2) is 13.8 Å². The summed E-state index contributed by atoms with van der Waals surface area (Å²) in [6, 6.07) is 3.95. The third-order valence-corrected chi connectivity index (χ3v) is 2.76. The number of pyridine rings is 1. The Kier molecular flexibility index (Phi) is 7.62. The molecule has 1 fully saturated rings. The van der Waals surface area contributed by atoms with Crippen molar-refractivity contribution >= 4 is 29.9 Å². The van der Waals surface area contributed by atoms with E-state index in [4.69, 9.17) is 4.74 Å². The largest absolute Gasteiger partial charge is 0.472 e. The van der Waals surface area contributed by atoms with Crippen LogP contribution in [-0.2, 0) is 6.54 Å². The zero-order valence-electron chi connectivity index (χ0n) is 11.7. The minimum Gasteiger partial charge on any atom is -0.472 e. The molecule has 0 radical (unpaired) electrons. The van der Waals surface area contributed by atoms with E-state index in [1.54, 1.807) is 19.2 Å². The van der Waals surface area contributed by atoms with Crippen molar-refractivity contribution in [1.29, 1.82) is 0 Å². The first-order valence-corrected chi connectivity index (χ1v) is 6.50. The van der Waals surface area contributed by atoms with Crippen LogP contribution < -0.4 is 15.4 Å². The second-order valence-corrected chi connectivity index (χ2v) is 4.55. The highest BCUT2D eigenvalue weighted by Crippen LogP contribution is 2.18. The molecular weight excluding hydrogens is 393 g/mol. The Morgan fingerprint density at radius 3 is 2.90 bits per heavy atom. The summed E-state index contributed by atoms with van der Waals surface area (Å²) in [6.45, 7) is -0.116. The van der Waals surface area contributed by atoms with Crippen molar-refractivity contribution in [3.8, 4) is 5.88 Å². The van der Waals surface area contributed by atoms with Gasteiger partial charge < -0.3 is 15.4 Å². The molecule has 2 N–H and O–H groups in total. The van der Waals surface area contributed by atoms with Crippen LogP contribution in [0.25, 0.3) is 0 Å². The van der Waals surface area contributed by atoms with Gasteiger partial charge in [0.2, 0.25) is 5.88 Å². The summed E-state index contributed by atoms with van der Waals surface area (Å²) in [5, 5.41) is 6.41. The van der Waals surface area contributed by atoms with Gasteiger partial charge in [0.1, 0.15) is 0 Å². The predicted molar refractivity (Wildman–Crippen MR) is 87.5 cm³/mol. The average Bonchev–Trinajstić information content (AvgIpc) is 3.25. The van der Waals surface area contributed by atoms with Gasteiger partial charge >= 0.3 is 0 Å². The molecule has 0 bridgehead atoms. The number of nitrogens with one attached hydrogen (secondary N) is 2. The first-order valence-electron chi connectivity index (χ1n) is 6.50. The number of nitrogens with zero attached hydrogens (tertiary/aromatic N) is 2. The monoisotopic (exact) mass is 412 g/mol. The van der Waals surface area contributed by atoms with Crippen molar-refractivity contribution < 1.29 is 13.5 Å². The molecule has 1 aliphatic rings. The Morgan fingerprint density at radius 2 is 2.29 bits per heavy atom. The molecule has 0 saturated heterocycles. The Balaban J connectivity index is 0.00000220. The van der Waals surface area contributed by atoms with Crippen LogP contribution in [0.5, 0.6) is 5.88 Å². The van der Waals surface area contributed by atoms with Gasteiger partial charge in [-0.3, -0.25) is 4.99 Å². The number of alkyl halides is 2. The third-order valence-electron chi connectivity index (χ3n) is 2.76. The van der Waals surface area contributed by atoms with Crippen LogP contribution in [0.2, 0.25) is 0 Å². The maximum absolute atomic E-state index is 12.1. The van der Waals surface area contributed by atoms with Gasteiger partial charge in [0.15, 0.2) is 12.6 Å². The number of aromatic nitrogens is 1. The van der Waals surface area contributed by atoms with Crippen LogP contribution in [-0.4, -0.2) is 37.1 Å². The van der Waals surface area contributed by atoms with Crippen LogP contribution in [0, 0.1) is 0 Å². The molecule has 1 heterocycles. The van der Waals surface area contributed by atoms with E-state index in [0.29, 0.717) is 12.6 Å². The number of guanidine groups is 1. The van der Waals surface area contributed by atoms with E-state index >= 15 is 0 Å². The normalized spacial score (nSPS) is 14.6. The first kappa shape index (κ1) is 17.9. The van der Waals surface area contributed by atoms with Crippen LogP contribution >= 0.6 is 24.0 Å². The summed E-state index contributed by atoms with van der Waals surface area (Å²) in [4.78, 5) is 8.00. The molecule has 0 aliphatic heterocycles. The highest BCUT2D eigenvalue weighted by atomic mass is 127. The van der Waals surface area contributed by atoms with Gasteiger partial charge in [-0.05, 0) is 24.5 Å². The van der Waals surface area contributed by atoms with E-state index < -0.39 is 13.0 Å².